The predicted molar refractivity (Wildman–Crippen MR) is 58.3 cm³/mol. The van der Waals surface area contributed by atoms with Gasteiger partial charge in [-0.2, -0.15) is 0 Å². The summed E-state index contributed by atoms with van der Waals surface area (Å²) in [5.41, 5.74) is 0.544. The molecule has 0 unspecified atom stereocenters. The molecule has 6 heteroatoms. The highest BCUT2D eigenvalue weighted by molar-refractivity contribution is 5.60. The van der Waals surface area contributed by atoms with Crippen LogP contribution in [0.5, 0.6) is 0 Å². The first-order chi connectivity index (χ1) is 7.70. The predicted octanol–water partition coefficient (Wildman–Crippen LogP) is 1.58. The number of pyridine rings is 1. The van der Waals surface area contributed by atoms with E-state index in [-0.39, 0.29) is 17.8 Å². The molecule has 1 aromatic heterocycles. The number of nitrogens with zero attached hydrogens (tertiary/aromatic N) is 2. The second kappa shape index (κ2) is 4.44. The number of aromatic nitrogens is 1. The zero-order valence-corrected chi connectivity index (χ0v) is 8.92. The molecule has 1 N–H and O–H groups in total. The SMILES string of the molecule is COC1CC(Nc2ccncc2[N+](=O)[O-])C1. The number of ether oxygens (including phenoxy) is 1. The molecule has 0 spiro atoms. The maximum Gasteiger partial charge on any atom is 0.310 e. The molecule has 1 aliphatic rings. The number of hydrogen-bond acceptors (Lipinski definition) is 5. The molecule has 2 rings (SSSR count). The molecule has 1 aliphatic carbocycles. The van der Waals surface area contributed by atoms with Crippen LogP contribution in [-0.4, -0.2) is 29.2 Å². The van der Waals surface area contributed by atoms with E-state index in [1.807, 2.05) is 0 Å². The fourth-order valence-electron chi connectivity index (χ4n) is 1.75. The summed E-state index contributed by atoms with van der Waals surface area (Å²) >= 11 is 0. The number of rotatable bonds is 4. The Labute approximate surface area is 92.8 Å². The van der Waals surface area contributed by atoms with Crippen molar-refractivity contribution >= 4 is 11.4 Å². The number of nitro groups is 1. The van der Waals surface area contributed by atoms with Crippen molar-refractivity contribution in [3.05, 3.63) is 28.6 Å². The Kier molecular flexibility index (Phi) is 3.00. The van der Waals surface area contributed by atoms with Crippen LogP contribution in [0.25, 0.3) is 0 Å². The number of nitrogens with one attached hydrogen (secondary N) is 1. The standard InChI is InChI=1S/C10H13N3O3/c1-16-8-4-7(5-8)12-9-2-3-11-6-10(9)13(14)15/h2-3,6-8H,4-5H2,1H3,(H,11,12). The van der Waals surface area contributed by atoms with Gasteiger partial charge < -0.3 is 10.1 Å². The third-order valence-corrected chi connectivity index (χ3v) is 2.78. The average Bonchev–Trinajstić information content (AvgIpc) is 2.23. The molecule has 0 aromatic carbocycles. The van der Waals surface area contributed by atoms with E-state index in [0.29, 0.717) is 5.69 Å². The minimum absolute atomic E-state index is 0.0170. The maximum absolute atomic E-state index is 10.7. The lowest BCUT2D eigenvalue weighted by Gasteiger charge is -2.35. The summed E-state index contributed by atoms with van der Waals surface area (Å²) in [6.45, 7) is 0. The monoisotopic (exact) mass is 223 g/mol. The van der Waals surface area contributed by atoms with Crippen LogP contribution >= 0.6 is 0 Å². The van der Waals surface area contributed by atoms with Crippen LogP contribution in [0.2, 0.25) is 0 Å². The first kappa shape index (κ1) is 10.8. The molecule has 0 bridgehead atoms. The van der Waals surface area contributed by atoms with Crippen LogP contribution in [0.1, 0.15) is 12.8 Å². The van der Waals surface area contributed by atoms with Crippen LogP contribution in [0.15, 0.2) is 18.5 Å². The van der Waals surface area contributed by atoms with Gasteiger partial charge in [0, 0.05) is 19.3 Å². The summed E-state index contributed by atoms with van der Waals surface area (Å²) in [5.74, 6) is 0. The second-order valence-corrected chi connectivity index (χ2v) is 3.82. The van der Waals surface area contributed by atoms with Crippen LogP contribution in [0.4, 0.5) is 11.4 Å². The van der Waals surface area contributed by atoms with Crippen LogP contribution in [-0.2, 0) is 4.74 Å². The minimum atomic E-state index is -0.429. The highest BCUT2D eigenvalue weighted by Crippen LogP contribution is 2.29. The van der Waals surface area contributed by atoms with E-state index in [1.54, 1.807) is 19.4 Å². The molecule has 0 radical (unpaired) electrons. The third-order valence-electron chi connectivity index (χ3n) is 2.78. The molecule has 1 saturated carbocycles. The molecule has 86 valence electrons. The van der Waals surface area contributed by atoms with E-state index in [9.17, 15) is 10.1 Å². The molecule has 1 fully saturated rings. The summed E-state index contributed by atoms with van der Waals surface area (Å²) in [5, 5.41) is 13.9. The number of hydrogen-bond donors (Lipinski definition) is 1. The van der Waals surface area contributed by atoms with Gasteiger partial charge in [-0.1, -0.05) is 0 Å². The van der Waals surface area contributed by atoms with E-state index < -0.39 is 4.92 Å². The fourth-order valence-corrected chi connectivity index (χ4v) is 1.75. The molecule has 6 nitrogen and oxygen atoms in total. The summed E-state index contributed by atoms with van der Waals surface area (Å²) in [6, 6.07) is 1.88. The maximum atomic E-state index is 10.7. The Balaban J connectivity index is 2.02. The minimum Gasteiger partial charge on any atom is -0.381 e. The van der Waals surface area contributed by atoms with Gasteiger partial charge in [0.25, 0.3) is 0 Å². The van der Waals surface area contributed by atoms with Gasteiger partial charge >= 0.3 is 5.69 Å². The molecule has 1 aromatic rings. The van der Waals surface area contributed by atoms with Gasteiger partial charge in [0.2, 0.25) is 0 Å². The van der Waals surface area contributed by atoms with Crippen molar-refractivity contribution in [1.82, 2.24) is 4.98 Å². The van der Waals surface area contributed by atoms with Gasteiger partial charge in [0.1, 0.15) is 11.9 Å². The molecule has 0 amide bonds. The topological polar surface area (TPSA) is 77.3 Å². The van der Waals surface area contributed by atoms with Crippen LogP contribution in [0, 0.1) is 10.1 Å². The Morgan fingerprint density at radius 1 is 1.62 bits per heavy atom. The third kappa shape index (κ3) is 2.11. The summed E-state index contributed by atoms with van der Waals surface area (Å²) in [6.07, 6.45) is 4.85. The fraction of sp³-hybridized carbons (Fsp3) is 0.500. The largest absolute Gasteiger partial charge is 0.381 e. The van der Waals surface area contributed by atoms with Crippen molar-refractivity contribution in [3.63, 3.8) is 0 Å². The van der Waals surface area contributed by atoms with Crippen molar-refractivity contribution in [1.29, 1.82) is 0 Å². The van der Waals surface area contributed by atoms with E-state index in [2.05, 4.69) is 10.3 Å². The number of methoxy groups -OCH3 is 1. The zero-order valence-electron chi connectivity index (χ0n) is 8.92. The lowest BCUT2D eigenvalue weighted by atomic mass is 9.89. The van der Waals surface area contributed by atoms with Crippen LogP contribution in [0.3, 0.4) is 0 Å². The summed E-state index contributed by atoms with van der Waals surface area (Å²) in [4.78, 5) is 14.0. The highest BCUT2D eigenvalue weighted by Gasteiger charge is 2.30. The number of anilines is 1. The molecule has 0 saturated heterocycles. The van der Waals surface area contributed by atoms with Crippen molar-refractivity contribution in [2.24, 2.45) is 0 Å². The van der Waals surface area contributed by atoms with Crippen molar-refractivity contribution in [3.8, 4) is 0 Å². The molecule has 16 heavy (non-hydrogen) atoms. The van der Waals surface area contributed by atoms with Gasteiger partial charge in [-0.25, -0.2) is 0 Å². The van der Waals surface area contributed by atoms with E-state index >= 15 is 0 Å². The molecular formula is C10H13N3O3. The quantitative estimate of drug-likeness (QED) is 0.619. The zero-order chi connectivity index (χ0) is 11.5. The van der Waals surface area contributed by atoms with Crippen molar-refractivity contribution in [2.45, 2.75) is 25.0 Å². The smallest absolute Gasteiger partial charge is 0.310 e. The summed E-state index contributed by atoms with van der Waals surface area (Å²) in [7, 11) is 1.68. The lowest BCUT2D eigenvalue weighted by Crippen LogP contribution is -2.40. The molecule has 0 atom stereocenters. The first-order valence-electron chi connectivity index (χ1n) is 5.08. The van der Waals surface area contributed by atoms with Crippen molar-refractivity contribution < 1.29 is 9.66 Å². The van der Waals surface area contributed by atoms with E-state index in [1.165, 1.54) is 6.20 Å². The molecule has 0 aliphatic heterocycles. The second-order valence-electron chi connectivity index (χ2n) is 3.82. The van der Waals surface area contributed by atoms with Crippen LogP contribution < -0.4 is 5.32 Å². The first-order valence-corrected chi connectivity index (χ1v) is 5.08. The normalized spacial score (nSPS) is 23.6. The molecule has 1 heterocycles. The lowest BCUT2D eigenvalue weighted by molar-refractivity contribution is -0.384. The van der Waals surface area contributed by atoms with E-state index in [4.69, 9.17) is 4.74 Å². The Morgan fingerprint density at radius 3 is 3.00 bits per heavy atom. The van der Waals surface area contributed by atoms with Gasteiger partial charge in [-0.05, 0) is 18.9 Å². The van der Waals surface area contributed by atoms with Gasteiger partial charge in [0.05, 0.1) is 11.0 Å². The highest BCUT2D eigenvalue weighted by atomic mass is 16.6. The van der Waals surface area contributed by atoms with Gasteiger partial charge in [0.15, 0.2) is 0 Å². The van der Waals surface area contributed by atoms with Crippen molar-refractivity contribution in [2.75, 3.05) is 12.4 Å². The Hall–Kier alpha value is -1.69. The van der Waals surface area contributed by atoms with Gasteiger partial charge in [-0.3, -0.25) is 15.1 Å². The Bertz CT molecular complexity index is 391. The average molecular weight is 223 g/mol. The van der Waals surface area contributed by atoms with Gasteiger partial charge in [-0.15, -0.1) is 0 Å². The van der Waals surface area contributed by atoms with E-state index in [0.717, 1.165) is 12.8 Å². The Morgan fingerprint density at radius 2 is 2.38 bits per heavy atom. The molecular weight excluding hydrogens is 210 g/mol. The summed E-state index contributed by atoms with van der Waals surface area (Å²) < 4.78 is 5.15.